The second-order valence-electron chi connectivity index (χ2n) is 5.38. The van der Waals surface area contributed by atoms with Crippen LogP contribution in [0.3, 0.4) is 0 Å². The van der Waals surface area contributed by atoms with E-state index in [1.807, 2.05) is 18.2 Å². The van der Waals surface area contributed by atoms with Crippen molar-refractivity contribution in [1.82, 2.24) is 10.2 Å². The zero-order valence-electron chi connectivity index (χ0n) is 12.6. The summed E-state index contributed by atoms with van der Waals surface area (Å²) < 4.78 is 0. The van der Waals surface area contributed by atoms with Crippen molar-refractivity contribution in [2.75, 3.05) is 20.1 Å². The molecule has 21 heavy (non-hydrogen) atoms. The zero-order valence-corrected chi connectivity index (χ0v) is 13.3. The summed E-state index contributed by atoms with van der Waals surface area (Å²) in [6, 6.07) is 18.6. The fourth-order valence-corrected chi connectivity index (χ4v) is 2.54. The van der Waals surface area contributed by atoms with E-state index in [1.165, 1.54) is 11.1 Å². The van der Waals surface area contributed by atoms with Crippen LogP contribution in [0.1, 0.15) is 17.5 Å². The quantitative estimate of drug-likeness (QED) is 0.743. The third-order valence-electron chi connectivity index (χ3n) is 3.41. The Kier molecular flexibility index (Phi) is 6.74. The van der Waals surface area contributed by atoms with Gasteiger partial charge < -0.3 is 10.2 Å². The normalized spacial score (nSPS) is 11.0. The molecule has 0 aromatic heterocycles. The van der Waals surface area contributed by atoms with E-state index in [1.54, 1.807) is 0 Å². The van der Waals surface area contributed by atoms with E-state index in [-0.39, 0.29) is 0 Å². The summed E-state index contributed by atoms with van der Waals surface area (Å²) in [7, 11) is 2.17. The summed E-state index contributed by atoms with van der Waals surface area (Å²) in [6.07, 6.45) is 1.14. The highest BCUT2D eigenvalue weighted by Crippen LogP contribution is 2.10. The van der Waals surface area contributed by atoms with Gasteiger partial charge in [0, 0.05) is 18.1 Å². The van der Waals surface area contributed by atoms with Crippen molar-refractivity contribution in [2.45, 2.75) is 19.5 Å². The van der Waals surface area contributed by atoms with Crippen LogP contribution in [0.4, 0.5) is 0 Å². The maximum absolute atomic E-state index is 5.97. The highest BCUT2D eigenvalue weighted by Gasteiger charge is 2.00. The van der Waals surface area contributed by atoms with Crippen LogP contribution in [0.15, 0.2) is 54.6 Å². The van der Waals surface area contributed by atoms with E-state index in [9.17, 15) is 0 Å². The molecule has 0 unspecified atom stereocenters. The molecule has 0 atom stereocenters. The van der Waals surface area contributed by atoms with Crippen molar-refractivity contribution in [2.24, 2.45) is 0 Å². The lowest BCUT2D eigenvalue weighted by Crippen LogP contribution is -2.23. The Hall–Kier alpha value is -1.35. The van der Waals surface area contributed by atoms with E-state index in [0.29, 0.717) is 0 Å². The first-order valence-corrected chi connectivity index (χ1v) is 7.79. The minimum atomic E-state index is 0.803. The van der Waals surface area contributed by atoms with Gasteiger partial charge in [-0.15, -0.1) is 0 Å². The Morgan fingerprint density at radius 3 is 2.52 bits per heavy atom. The van der Waals surface area contributed by atoms with Crippen LogP contribution in [0.25, 0.3) is 0 Å². The van der Waals surface area contributed by atoms with Gasteiger partial charge in [-0.05, 0) is 49.8 Å². The molecule has 2 aromatic rings. The molecule has 2 rings (SSSR count). The van der Waals surface area contributed by atoms with Gasteiger partial charge in [-0.1, -0.05) is 54.1 Å². The van der Waals surface area contributed by atoms with Gasteiger partial charge >= 0.3 is 0 Å². The first kappa shape index (κ1) is 16.0. The fourth-order valence-electron chi connectivity index (χ4n) is 2.33. The molecule has 2 aromatic carbocycles. The minimum absolute atomic E-state index is 0.803. The molecule has 0 aliphatic heterocycles. The van der Waals surface area contributed by atoms with Crippen LogP contribution in [-0.2, 0) is 13.1 Å². The second-order valence-corrected chi connectivity index (χ2v) is 5.82. The monoisotopic (exact) mass is 302 g/mol. The molecule has 0 radical (unpaired) electrons. The van der Waals surface area contributed by atoms with Crippen molar-refractivity contribution >= 4 is 11.6 Å². The number of nitrogens with one attached hydrogen (secondary N) is 1. The molecule has 1 N–H and O–H groups in total. The van der Waals surface area contributed by atoms with Gasteiger partial charge in [0.05, 0.1) is 0 Å². The molecule has 0 aliphatic rings. The molecular weight excluding hydrogens is 280 g/mol. The van der Waals surface area contributed by atoms with E-state index in [4.69, 9.17) is 11.6 Å². The minimum Gasteiger partial charge on any atom is -0.313 e. The Labute approximate surface area is 132 Å². The second kappa shape index (κ2) is 8.83. The zero-order chi connectivity index (χ0) is 14.9. The molecule has 0 amide bonds. The average Bonchev–Trinajstić information content (AvgIpc) is 2.48. The molecule has 0 saturated heterocycles. The highest BCUT2D eigenvalue weighted by atomic mass is 35.5. The van der Waals surface area contributed by atoms with Crippen molar-refractivity contribution in [3.8, 4) is 0 Å². The molecule has 0 heterocycles. The number of halogens is 1. The molecular formula is C18H23ClN2. The first-order chi connectivity index (χ1) is 10.2. The number of hydrogen-bond donors (Lipinski definition) is 1. The maximum Gasteiger partial charge on any atom is 0.0409 e. The number of hydrogen-bond acceptors (Lipinski definition) is 2. The van der Waals surface area contributed by atoms with E-state index in [2.05, 4.69) is 53.7 Å². The molecule has 0 bridgehead atoms. The van der Waals surface area contributed by atoms with Gasteiger partial charge in [-0.25, -0.2) is 0 Å². The highest BCUT2D eigenvalue weighted by molar-refractivity contribution is 6.30. The Balaban J connectivity index is 1.59. The van der Waals surface area contributed by atoms with E-state index >= 15 is 0 Å². The lowest BCUT2D eigenvalue weighted by atomic mass is 10.2. The molecule has 112 valence electrons. The van der Waals surface area contributed by atoms with Gasteiger partial charge in [0.1, 0.15) is 0 Å². The SMILES string of the molecule is CN(CCCNCc1cccc(Cl)c1)Cc1ccccc1. The molecule has 0 spiro atoms. The van der Waals surface area contributed by atoms with Crippen LogP contribution in [-0.4, -0.2) is 25.0 Å². The van der Waals surface area contributed by atoms with Crippen LogP contribution >= 0.6 is 11.6 Å². The van der Waals surface area contributed by atoms with E-state index < -0.39 is 0 Å². The van der Waals surface area contributed by atoms with Gasteiger partial charge in [-0.2, -0.15) is 0 Å². The number of benzene rings is 2. The summed E-state index contributed by atoms with van der Waals surface area (Å²) >= 11 is 5.97. The molecule has 2 nitrogen and oxygen atoms in total. The molecule has 0 fully saturated rings. The maximum atomic E-state index is 5.97. The van der Waals surface area contributed by atoms with Crippen LogP contribution in [0.5, 0.6) is 0 Å². The summed E-state index contributed by atoms with van der Waals surface area (Å²) in [6.45, 7) is 4.00. The molecule has 0 aliphatic carbocycles. The lowest BCUT2D eigenvalue weighted by molar-refractivity contribution is 0.319. The van der Waals surface area contributed by atoms with Gasteiger partial charge in [0.25, 0.3) is 0 Å². The van der Waals surface area contributed by atoms with Crippen LogP contribution in [0, 0.1) is 0 Å². The van der Waals surface area contributed by atoms with Crippen molar-refractivity contribution < 1.29 is 0 Å². The van der Waals surface area contributed by atoms with Crippen LogP contribution in [0.2, 0.25) is 5.02 Å². The smallest absolute Gasteiger partial charge is 0.0409 e. The Morgan fingerprint density at radius 1 is 1.00 bits per heavy atom. The van der Waals surface area contributed by atoms with Gasteiger partial charge in [0.15, 0.2) is 0 Å². The van der Waals surface area contributed by atoms with Crippen molar-refractivity contribution in [3.63, 3.8) is 0 Å². The van der Waals surface area contributed by atoms with Crippen molar-refractivity contribution in [3.05, 3.63) is 70.7 Å². The average molecular weight is 303 g/mol. The summed E-state index contributed by atoms with van der Waals surface area (Å²) in [5, 5.41) is 4.27. The largest absolute Gasteiger partial charge is 0.313 e. The standard InChI is InChI=1S/C18H23ClN2/c1-21(15-16-7-3-2-4-8-16)12-6-11-20-14-17-9-5-10-18(19)13-17/h2-5,7-10,13,20H,6,11-12,14-15H2,1H3. The summed E-state index contributed by atoms with van der Waals surface area (Å²) in [4.78, 5) is 2.36. The Bertz CT molecular complexity index is 528. The number of nitrogens with zero attached hydrogens (tertiary/aromatic N) is 1. The third-order valence-corrected chi connectivity index (χ3v) is 3.64. The topological polar surface area (TPSA) is 15.3 Å². The number of rotatable bonds is 8. The van der Waals surface area contributed by atoms with Crippen LogP contribution < -0.4 is 5.32 Å². The lowest BCUT2D eigenvalue weighted by Gasteiger charge is -2.16. The molecule has 0 saturated carbocycles. The summed E-state index contributed by atoms with van der Waals surface area (Å²) in [5.74, 6) is 0. The predicted molar refractivity (Wildman–Crippen MR) is 90.6 cm³/mol. The predicted octanol–water partition coefficient (Wildman–Crippen LogP) is 3.95. The first-order valence-electron chi connectivity index (χ1n) is 7.41. The van der Waals surface area contributed by atoms with E-state index in [0.717, 1.165) is 37.6 Å². The van der Waals surface area contributed by atoms with Gasteiger partial charge in [0.2, 0.25) is 0 Å². The molecule has 3 heteroatoms. The Morgan fingerprint density at radius 2 is 1.76 bits per heavy atom. The fraction of sp³-hybridized carbons (Fsp3) is 0.333. The van der Waals surface area contributed by atoms with Crippen molar-refractivity contribution in [1.29, 1.82) is 0 Å². The third kappa shape index (κ3) is 6.30. The van der Waals surface area contributed by atoms with Gasteiger partial charge in [-0.3, -0.25) is 0 Å². The summed E-state index contributed by atoms with van der Waals surface area (Å²) in [5.41, 5.74) is 2.60.